The van der Waals surface area contributed by atoms with Crippen LogP contribution in [0.4, 0.5) is 4.39 Å². The quantitative estimate of drug-likeness (QED) is 0.761. The summed E-state index contributed by atoms with van der Waals surface area (Å²) < 4.78 is 13.4. The van der Waals surface area contributed by atoms with Gasteiger partial charge in [-0.05, 0) is 25.0 Å². The first kappa shape index (κ1) is 20.1. The Hall–Kier alpha value is -2.22. The molecule has 6 nitrogen and oxygen atoms in total. The van der Waals surface area contributed by atoms with Crippen molar-refractivity contribution in [2.45, 2.75) is 38.0 Å². The van der Waals surface area contributed by atoms with Crippen LogP contribution in [0.25, 0.3) is 0 Å². The Kier molecular flexibility index (Phi) is 6.52. The molecule has 0 saturated carbocycles. The molecule has 1 aromatic carbocycles. The number of halogens is 1. The van der Waals surface area contributed by atoms with Crippen LogP contribution in [0.1, 0.15) is 37.0 Å². The molecule has 0 radical (unpaired) electrons. The largest absolute Gasteiger partial charge is 0.480 e. The van der Waals surface area contributed by atoms with E-state index in [1.807, 2.05) is 0 Å². The monoisotopic (exact) mass is 381 g/mol. The highest BCUT2D eigenvalue weighted by Gasteiger charge is 2.40. The van der Waals surface area contributed by atoms with Crippen molar-refractivity contribution in [3.63, 3.8) is 0 Å². The molecule has 1 N–H and O–H groups in total. The van der Waals surface area contributed by atoms with Crippen LogP contribution in [0.3, 0.4) is 0 Å². The van der Waals surface area contributed by atoms with Crippen molar-refractivity contribution in [2.24, 2.45) is 5.92 Å². The number of carbonyl (C=O) groups is 4. The van der Waals surface area contributed by atoms with Crippen LogP contribution in [0.5, 0.6) is 0 Å². The first-order valence-electron chi connectivity index (χ1n) is 8.22. The zero-order chi connectivity index (χ0) is 19.4. The van der Waals surface area contributed by atoms with Gasteiger partial charge in [-0.2, -0.15) is 0 Å². The number of likely N-dealkylation sites (tertiary alicyclic amines) is 1. The lowest BCUT2D eigenvalue weighted by molar-refractivity contribution is -0.149. The average molecular weight is 381 g/mol. The Labute approximate surface area is 154 Å². The third kappa shape index (κ3) is 4.49. The zero-order valence-electron chi connectivity index (χ0n) is 14.5. The molecule has 1 aliphatic heterocycles. The van der Waals surface area contributed by atoms with E-state index in [4.69, 9.17) is 0 Å². The van der Waals surface area contributed by atoms with Gasteiger partial charge in [-0.3, -0.25) is 14.4 Å². The maximum absolute atomic E-state index is 13.4. The number of aliphatic carboxylic acids is 1. The molecule has 3 atom stereocenters. The first-order chi connectivity index (χ1) is 12.2. The van der Waals surface area contributed by atoms with Crippen molar-refractivity contribution in [2.75, 3.05) is 6.54 Å². The highest BCUT2D eigenvalue weighted by molar-refractivity contribution is 8.14. The van der Waals surface area contributed by atoms with E-state index in [2.05, 4.69) is 0 Å². The molecule has 0 aromatic heterocycles. The molecule has 8 heteroatoms. The van der Waals surface area contributed by atoms with E-state index in [1.54, 1.807) is 0 Å². The van der Waals surface area contributed by atoms with Crippen LogP contribution in [0.15, 0.2) is 24.3 Å². The van der Waals surface area contributed by atoms with Crippen molar-refractivity contribution < 1.29 is 28.7 Å². The van der Waals surface area contributed by atoms with Crippen LogP contribution < -0.4 is 0 Å². The molecule has 2 rings (SSSR count). The van der Waals surface area contributed by atoms with Gasteiger partial charge < -0.3 is 10.0 Å². The number of hydrogen-bond donors (Lipinski definition) is 1. The summed E-state index contributed by atoms with van der Waals surface area (Å²) in [5, 5.41) is 7.86. The third-order valence-corrected chi connectivity index (χ3v) is 5.53. The molecular formula is C18H20FNO5S. The summed E-state index contributed by atoms with van der Waals surface area (Å²) in [6.45, 7) is 3.08. The molecule has 26 heavy (non-hydrogen) atoms. The fourth-order valence-electron chi connectivity index (χ4n) is 3.05. The van der Waals surface area contributed by atoms with Crippen LogP contribution >= 0.6 is 11.8 Å². The van der Waals surface area contributed by atoms with E-state index in [9.17, 15) is 28.7 Å². The number of nitrogens with zero attached hydrogens (tertiary/aromatic N) is 1. The van der Waals surface area contributed by atoms with Crippen molar-refractivity contribution in [3.8, 4) is 0 Å². The van der Waals surface area contributed by atoms with Crippen molar-refractivity contribution >= 4 is 34.5 Å². The predicted molar refractivity (Wildman–Crippen MR) is 94.3 cm³/mol. The number of rotatable bonds is 6. The van der Waals surface area contributed by atoms with Gasteiger partial charge in [0.1, 0.15) is 11.9 Å². The Balaban J connectivity index is 2.27. The molecule has 2 unspecified atom stereocenters. The summed E-state index contributed by atoms with van der Waals surface area (Å²) in [6, 6.07) is 4.14. The molecule has 0 aliphatic carbocycles. The van der Waals surface area contributed by atoms with E-state index in [0.717, 1.165) is 6.07 Å². The molecule has 1 amide bonds. The standard InChI is InChI=1S/C18H20FNO5S/c1-10(17(23)20-8-4-7-14(20)18(24)25)16(26-11(2)21)15(22)12-5-3-6-13(19)9-12/h3,5-6,9-10,14,16H,4,7-8H2,1-2H3,(H,24,25)/t10?,14-,16?/m0/s1. The molecule has 1 aromatic rings. The van der Waals surface area contributed by atoms with Gasteiger partial charge in [0.05, 0.1) is 11.2 Å². The molecule has 1 fully saturated rings. The van der Waals surface area contributed by atoms with Gasteiger partial charge in [-0.15, -0.1) is 0 Å². The van der Waals surface area contributed by atoms with Gasteiger partial charge in [-0.25, -0.2) is 9.18 Å². The van der Waals surface area contributed by atoms with Crippen LogP contribution in [-0.2, 0) is 14.4 Å². The van der Waals surface area contributed by atoms with E-state index in [0.29, 0.717) is 31.1 Å². The van der Waals surface area contributed by atoms with Gasteiger partial charge in [0.15, 0.2) is 10.9 Å². The number of Topliss-reactive ketones (excluding diaryl/α,β-unsaturated/α-hetero) is 1. The lowest BCUT2D eigenvalue weighted by Crippen LogP contribution is -2.46. The molecule has 0 bridgehead atoms. The smallest absolute Gasteiger partial charge is 0.326 e. The fourth-order valence-corrected chi connectivity index (χ4v) is 3.97. The number of ketones is 1. The Morgan fingerprint density at radius 3 is 2.58 bits per heavy atom. The van der Waals surface area contributed by atoms with Gasteiger partial charge in [0.25, 0.3) is 0 Å². The minimum absolute atomic E-state index is 0.0691. The average Bonchev–Trinajstić information content (AvgIpc) is 3.07. The van der Waals surface area contributed by atoms with Gasteiger partial charge in [0, 0.05) is 19.0 Å². The highest BCUT2D eigenvalue weighted by atomic mass is 32.2. The van der Waals surface area contributed by atoms with Crippen LogP contribution in [0, 0.1) is 11.7 Å². The van der Waals surface area contributed by atoms with E-state index < -0.39 is 40.7 Å². The third-order valence-electron chi connectivity index (χ3n) is 4.33. The maximum Gasteiger partial charge on any atom is 0.326 e. The second kappa shape index (κ2) is 8.44. The summed E-state index contributed by atoms with van der Waals surface area (Å²) in [4.78, 5) is 49.7. The Bertz CT molecular complexity index is 738. The molecule has 1 heterocycles. The van der Waals surface area contributed by atoms with E-state index in [-0.39, 0.29) is 10.7 Å². The summed E-state index contributed by atoms with van der Waals surface area (Å²) in [5.41, 5.74) is 0.0691. The lowest BCUT2D eigenvalue weighted by Gasteiger charge is -2.28. The fraction of sp³-hybridized carbons (Fsp3) is 0.444. The highest BCUT2D eigenvalue weighted by Crippen LogP contribution is 2.29. The van der Waals surface area contributed by atoms with E-state index in [1.165, 1.54) is 36.9 Å². The number of hydrogen-bond acceptors (Lipinski definition) is 5. The number of carbonyl (C=O) groups excluding carboxylic acids is 3. The maximum atomic E-state index is 13.4. The lowest BCUT2D eigenvalue weighted by atomic mass is 9.97. The van der Waals surface area contributed by atoms with Gasteiger partial charge >= 0.3 is 5.97 Å². The number of amides is 1. The van der Waals surface area contributed by atoms with E-state index >= 15 is 0 Å². The molecule has 1 saturated heterocycles. The summed E-state index contributed by atoms with van der Waals surface area (Å²) in [7, 11) is 0. The molecule has 0 spiro atoms. The minimum Gasteiger partial charge on any atom is -0.480 e. The predicted octanol–water partition coefficient (Wildman–Crippen LogP) is 2.37. The second-order valence-corrected chi connectivity index (χ2v) is 7.54. The number of thioether (sulfide) groups is 1. The summed E-state index contributed by atoms with van der Waals surface area (Å²) >= 11 is 0.707. The molecule has 1 aliphatic rings. The number of carboxylic acid groups (broad SMARTS) is 1. The Morgan fingerprint density at radius 2 is 2.00 bits per heavy atom. The first-order valence-corrected chi connectivity index (χ1v) is 9.10. The SMILES string of the molecule is CC(=O)SC(C(=O)c1cccc(F)c1)C(C)C(=O)N1CCC[C@H]1C(=O)O. The van der Waals surface area contributed by atoms with Crippen LogP contribution in [0.2, 0.25) is 0 Å². The molecule has 140 valence electrons. The zero-order valence-corrected chi connectivity index (χ0v) is 15.3. The van der Waals surface area contributed by atoms with Gasteiger partial charge in [-0.1, -0.05) is 30.8 Å². The molecular weight excluding hydrogens is 361 g/mol. The number of benzene rings is 1. The van der Waals surface area contributed by atoms with Gasteiger partial charge in [0.2, 0.25) is 5.91 Å². The van der Waals surface area contributed by atoms with Crippen molar-refractivity contribution in [3.05, 3.63) is 35.6 Å². The Morgan fingerprint density at radius 1 is 1.31 bits per heavy atom. The topological polar surface area (TPSA) is 91.8 Å². The van der Waals surface area contributed by atoms with Crippen molar-refractivity contribution in [1.82, 2.24) is 4.90 Å². The minimum atomic E-state index is -1.09. The summed E-state index contributed by atoms with van der Waals surface area (Å²) in [5.74, 6) is -3.61. The van der Waals surface area contributed by atoms with Crippen molar-refractivity contribution in [1.29, 1.82) is 0 Å². The normalized spacial score (nSPS) is 19.0. The summed E-state index contributed by atoms with van der Waals surface area (Å²) in [6.07, 6.45) is 0.925. The second-order valence-electron chi connectivity index (χ2n) is 6.22. The van der Waals surface area contributed by atoms with Crippen LogP contribution in [-0.4, -0.2) is 50.6 Å². The number of carboxylic acids is 1.